The molecule has 4 aromatic rings. The van der Waals surface area contributed by atoms with Gasteiger partial charge in [-0.15, -0.1) is 11.8 Å². The van der Waals surface area contributed by atoms with Crippen LogP contribution in [0, 0.1) is 13.8 Å². The largest absolute Gasteiger partial charge is 0.497 e. The summed E-state index contributed by atoms with van der Waals surface area (Å²) in [6.07, 6.45) is 0. The summed E-state index contributed by atoms with van der Waals surface area (Å²) in [7, 11) is 1.65. The summed E-state index contributed by atoms with van der Waals surface area (Å²) in [6, 6.07) is 16.1. The molecule has 0 bridgehead atoms. The van der Waals surface area contributed by atoms with Crippen molar-refractivity contribution in [2.45, 2.75) is 45.1 Å². The first-order valence-corrected chi connectivity index (χ1v) is 13.1. The minimum Gasteiger partial charge on any atom is -0.497 e. The molecule has 178 valence electrons. The van der Waals surface area contributed by atoms with E-state index in [0.29, 0.717) is 24.8 Å². The number of ether oxygens (including phenoxy) is 1. The number of methoxy groups -OCH3 is 1. The van der Waals surface area contributed by atoms with Crippen molar-refractivity contribution in [3.05, 3.63) is 65.5 Å². The first kappa shape index (κ1) is 24.3. The second kappa shape index (κ2) is 10.6. The lowest BCUT2D eigenvalue weighted by atomic mass is 10.0. The van der Waals surface area contributed by atoms with Gasteiger partial charge in [0.05, 0.1) is 35.3 Å². The Balaban J connectivity index is 1.59. The van der Waals surface area contributed by atoms with Crippen LogP contribution in [0.4, 0.5) is 5.13 Å². The number of thioether (sulfide) groups is 1. The summed E-state index contributed by atoms with van der Waals surface area (Å²) in [5.74, 6) is 1.53. The molecule has 0 atom stereocenters. The zero-order valence-electron chi connectivity index (χ0n) is 20.2. The number of amides is 1. The van der Waals surface area contributed by atoms with Gasteiger partial charge in [-0.2, -0.15) is 5.10 Å². The number of thiazole rings is 1. The number of benzene rings is 2. The summed E-state index contributed by atoms with van der Waals surface area (Å²) < 4.78 is 8.29. The van der Waals surface area contributed by atoms with Crippen molar-refractivity contribution in [3.8, 4) is 5.75 Å². The van der Waals surface area contributed by atoms with E-state index in [2.05, 4.69) is 43.2 Å². The lowest BCUT2D eigenvalue weighted by Crippen LogP contribution is -2.35. The second-order valence-corrected chi connectivity index (χ2v) is 10.6. The Morgan fingerprint density at radius 3 is 2.59 bits per heavy atom. The first-order valence-electron chi connectivity index (χ1n) is 11.3. The third kappa shape index (κ3) is 5.45. The maximum Gasteiger partial charge on any atom is 0.239 e. The number of para-hydroxylation sites is 1. The average molecular weight is 495 g/mol. The zero-order valence-corrected chi connectivity index (χ0v) is 21.9. The van der Waals surface area contributed by atoms with Crippen LogP contribution >= 0.6 is 23.1 Å². The molecule has 0 saturated heterocycles. The standard InChI is InChI=1S/C26H30N4O2S2/c1-17(2)22-7-6-8-23-25(22)27-26(34-23)29(13-14-30-19(4)15-18(3)28-30)24(31)16-33-21-11-9-20(32-5)10-12-21/h6-12,15,17H,13-14,16H2,1-5H3. The highest BCUT2D eigenvalue weighted by molar-refractivity contribution is 8.00. The van der Waals surface area contributed by atoms with E-state index in [4.69, 9.17) is 9.72 Å². The molecule has 0 aliphatic heterocycles. The lowest BCUT2D eigenvalue weighted by Gasteiger charge is -2.20. The molecule has 34 heavy (non-hydrogen) atoms. The normalized spacial score (nSPS) is 11.4. The predicted molar refractivity (Wildman–Crippen MR) is 141 cm³/mol. The Morgan fingerprint density at radius 2 is 1.94 bits per heavy atom. The number of aryl methyl sites for hydroxylation is 2. The fourth-order valence-electron chi connectivity index (χ4n) is 3.86. The third-order valence-corrected chi connectivity index (χ3v) is 7.69. The van der Waals surface area contributed by atoms with E-state index in [1.54, 1.807) is 18.4 Å². The molecule has 0 fully saturated rings. The fraction of sp³-hybridized carbons (Fsp3) is 0.346. The summed E-state index contributed by atoms with van der Waals surface area (Å²) in [6.45, 7) is 9.50. The van der Waals surface area contributed by atoms with Gasteiger partial charge in [-0.05, 0) is 61.7 Å². The number of fused-ring (bicyclic) bond motifs is 1. The van der Waals surface area contributed by atoms with Gasteiger partial charge in [0.1, 0.15) is 5.75 Å². The smallest absolute Gasteiger partial charge is 0.239 e. The van der Waals surface area contributed by atoms with Gasteiger partial charge < -0.3 is 4.74 Å². The molecule has 2 aromatic carbocycles. The molecule has 1 amide bonds. The third-order valence-electron chi connectivity index (χ3n) is 5.65. The van der Waals surface area contributed by atoms with Crippen molar-refractivity contribution in [2.75, 3.05) is 24.3 Å². The topological polar surface area (TPSA) is 60.2 Å². The van der Waals surface area contributed by atoms with Gasteiger partial charge in [0, 0.05) is 17.1 Å². The van der Waals surface area contributed by atoms with Crippen LogP contribution in [-0.4, -0.2) is 40.1 Å². The van der Waals surface area contributed by atoms with Gasteiger partial charge in [0.15, 0.2) is 5.13 Å². The van der Waals surface area contributed by atoms with Crippen molar-refractivity contribution in [1.29, 1.82) is 0 Å². The number of rotatable bonds is 9. The van der Waals surface area contributed by atoms with E-state index in [1.807, 2.05) is 47.7 Å². The molecule has 0 saturated carbocycles. The average Bonchev–Trinajstić information content (AvgIpc) is 3.39. The Kier molecular flexibility index (Phi) is 7.58. The van der Waals surface area contributed by atoms with Crippen LogP contribution in [0.2, 0.25) is 0 Å². The van der Waals surface area contributed by atoms with Crippen LogP contribution in [0.3, 0.4) is 0 Å². The Labute approximate surface area is 209 Å². The minimum atomic E-state index is 0.0347. The van der Waals surface area contributed by atoms with Crippen LogP contribution in [0.5, 0.6) is 5.75 Å². The van der Waals surface area contributed by atoms with Crippen LogP contribution in [0.15, 0.2) is 53.4 Å². The Hall–Kier alpha value is -2.84. The van der Waals surface area contributed by atoms with E-state index < -0.39 is 0 Å². The van der Waals surface area contributed by atoms with Crippen molar-refractivity contribution in [2.24, 2.45) is 0 Å². The SMILES string of the molecule is COc1ccc(SCC(=O)N(CCn2nc(C)cc2C)c2nc3c(C(C)C)cccc3s2)cc1. The fourth-order valence-corrected chi connectivity index (χ4v) is 5.68. The van der Waals surface area contributed by atoms with E-state index in [-0.39, 0.29) is 5.91 Å². The summed E-state index contributed by atoms with van der Waals surface area (Å²) >= 11 is 3.10. The molecule has 2 aromatic heterocycles. The number of carbonyl (C=O) groups excluding carboxylic acids is 1. The Morgan fingerprint density at radius 1 is 1.18 bits per heavy atom. The van der Waals surface area contributed by atoms with Gasteiger partial charge in [0.25, 0.3) is 0 Å². The maximum absolute atomic E-state index is 13.5. The van der Waals surface area contributed by atoms with E-state index in [9.17, 15) is 4.79 Å². The molecule has 0 aliphatic carbocycles. The quantitative estimate of drug-likeness (QED) is 0.264. The molecule has 0 N–H and O–H groups in total. The second-order valence-electron chi connectivity index (χ2n) is 8.50. The Bertz CT molecular complexity index is 1280. The molecule has 4 rings (SSSR count). The number of anilines is 1. The highest BCUT2D eigenvalue weighted by Crippen LogP contribution is 2.34. The summed E-state index contributed by atoms with van der Waals surface area (Å²) in [5, 5.41) is 5.31. The van der Waals surface area contributed by atoms with Crippen molar-refractivity contribution >= 4 is 44.4 Å². The van der Waals surface area contributed by atoms with Crippen LogP contribution in [-0.2, 0) is 11.3 Å². The van der Waals surface area contributed by atoms with Gasteiger partial charge in [0.2, 0.25) is 5.91 Å². The number of nitrogens with zero attached hydrogens (tertiary/aromatic N) is 4. The molecule has 0 unspecified atom stereocenters. The van der Waals surface area contributed by atoms with Crippen molar-refractivity contribution in [3.63, 3.8) is 0 Å². The first-order chi connectivity index (χ1) is 16.4. The number of hydrogen-bond donors (Lipinski definition) is 0. The lowest BCUT2D eigenvalue weighted by molar-refractivity contribution is -0.116. The zero-order chi connectivity index (χ0) is 24.2. The molecule has 2 heterocycles. The number of hydrogen-bond acceptors (Lipinski definition) is 6. The summed E-state index contributed by atoms with van der Waals surface area (Å²) in [5.41, 5.74) is 4.26. The monoisotopic (exact) mass is 494 g/mol. The highest BCUT2D eigenvalue weighted by atomic mass is 32.2. The van der Waals surface area contributed by atoms with E-state index in [0.717, 1.165) is 37.4 Å². The molecule has 6 nitrogen and oxygen atoms in total. The molecule has 0 aliphatic rings. The predicted octanol–water partition coefficient (Wildman–Crippen LogP) is 6.07. The van der Waals surface area contributed by atoms with Crippen molar-refractivity contribution < 1.29 is 9.53 Å². The molecular formula is C26H30N4O2S2. The van der Waals surface area contributed by atoms with Gasteiger partial charge in [-0.25, -0.2) is 4.98 Å². The molecule has 8 heteroatoms. The minimum absolute atomic E-state index is 0.0347. The molecular weight excluding hydrogens is 464 g/mol. The van der Waals surface area contributed by atoms with Gasteiger partial charge >= 0.3 is 0 Å². The molecule has 0 radical (unpaired) electrons. The van der Waals surface area contributed by atoms with Gasteiger partial charge in [-0.1, -0.05) is 37.3 Å². The van der Waals surface area contributed by atoms with E-state index >= 15 is 0 Å². The summed E-state index contributed by atoms with van der Waals surface area (Å²) in [4.78, 5) is 21.3. The number of aromatic nitrogens is 3. The van der Waals surface area contributed by atoms with Crippen molar-refractivity contribution in [1.82, 2.24) is 14.8 Å². The molecule has 0 spiro atoms. The van der Waals surface area contributed by atoms with E-state index in [1.165, 1.54) is 17.3 Å². The highest BCUT2D eigenvalue weighted by Gasteiger charge is 2.22. The van der Waals surface area contributed by atoms with Gasteiger partial charge in [-0.3, -0.25) is 14.4 Å². The van der Waals surface area contributed by atoms with Crippen LogP contribution < -0.4 is 9.64 Å². The van der Waals surface area contributed by atoms with Crippen LogP contribution in [0.25, 0.3) is 10.2 Å². The van der Waals surface area contributed by atoms with Crippen LogP contribution in [0.1, 0.15) is 36.7 Å². The maximum atomic E-state index is 13.5. The number of carbonyl (C=O) groups is 1.